The molecule has 0 fully saturated rings. The molecule has 2 heterocycles. The van der Waals surface area contributed by atoms with Crippen molar-refractivity contribution in [2.45, 2.75) is 53.0 Å². The van der Waals surface area contributed by atoms with Gasteiger partial charge in [-0.2, -0.15) is 0 Å². The number of aromatic nitrogens is 3. The van der Waals surface area contributed by atoms with Crippen molar-refractivity contribution < 1.29 is 0 Å². The van der Waals surface area contributed by atoms with E-state index in [4.69, 9.17) is 0 Å². The van der Waals surface area contributed by atoms with E-state index in [0.29, 0.717) is 0 Å². The Kier molecular flexibility index (Phi) is 2.94. The predicted octanol–water partition coefficient (Wildman–Crippen LogP) is 3.31. The quantitative estimate of drug-likeness (QED) is 0.794. The van der Waals surface area contributed by atoms with Crippen molar-refractivity contribution in [3.05, 3.63) is 23.8 Å². The van der Waals surface area contributed by atoms with Crippen molar-refractivity contribution in [1.29, 1.82) is 0 Å². The zero-order valence-corrected chi connectivity index (χ0v) is 11.4. The molecule has 3 heteroatoms. The van der Waals surface area contributed by atoms with Gasteiger partial charge in [0, 0.05) is 18.1 Å². The zero-order chi connectivity index (χ0) is 12.6. The van der Waals surface area contributed by atoms with Crippen LogP contribution >= 0.6 is 0 Å². The molecule has 92 valence electrons. The minimum absolute atomic E-state index is 0.132. The first-order valence-electron chi connectivity index (χ1n) is 6.32. The van der Waals surface area contributed by atoms with E-state index in [-0.39, 0.29) is 5.41 Å². The Morgan fingerprint density at radius 2 is 1.88 bits per heavy atom. The van der Waals surface area contributed by atoms with Gasteiger partial charge in [0.25, 0.3) is 0 Å². The van der Waals surface area contributed by atoms with Crippen LogP contribution in [0.25, 0.3) is 11.0 Å². The minimum Gasteiger partial charge on any atom is -0.332 e. The third-order valence-electron chi connectivity index (χ3n) is 3.22. The maximum absolute atomic E-state index is 4.45. The van der Waals surface area contributed by atoms with Crippen LogP contribution in [0.3, 0.4) is 0 Å². The maximum Gasteiger partial charge on any atom is 0.143 e. The second-order valence-corrected chi connectivity index (χ2v) is 5.45. The van der Waals surface area contributed by atoms with Crippen LogP contribution in [0.5, 0.6) is 0 Å². The number of hydrogen-bond donors (Lipinski definition) is 0. The summed E-state index contributed by atoms with van der Waals surface area (Å²) in [5.41, 5.74) is 3.72. The Bertz CT molecular complexity index is 532. The molecule has 0 aromatic carbocycles. The van der Waals surface area contributed by atoms with E-state index in [9.17, 15) is 0 Å². The van der Waals surface area contributed by atoms with Crippen molar-refractivity contribution >= 4 is 11.0 Å². The summed E-state index contributed by atoms with van der Waals surface area (Å²) < 4.78 is 2.22. The standard InChI is InChI=1S/C14H21N3/c1-6-11-12-10(14(3,4)5)8-17(7-2)13(12)16-9-15-11/h8-9H,6-7H2,1-5H3. The molecule has 0 radical (unpaired) electrons. The van der Waals surface area contributed by atoms with Crippen LogP contribution in [0.4, 0.5) is 0 Å². The summed E-state index contributed by atoms with van der Waals surface area (Å²) in [5, 5.41) is 1.25. The Morgan fingerprint density at radius 3 is 2.41 bits per heavy atom. The van der Waals surface area contributed by atoms with Gasteiger partial charge in [-0.05, 0) is 24.3 Å². The first-order valence-corrected chi connectivity index (χ1v) is 6.32. The predicted molar refractivity (Wildman–Crippen MR) is 71.3 cm³/mol. The maximum atomic E-state index is 4.45. The summed E-state index contributed by atoms with van der Waals surface area (Å²) in [6, 6.07) is 0. The van der Waals surface area contributed by atoms with Crippen LogP contribution in [0, 0.1) is 0 Å². The molecule has 0 bridgehead atoms. The molecule has 17 heavy (non-hydrogen) atoms. The molecule has 3 nitrogen and oxygen atoms in total. The lowest BCUT2D eigenvalue weighted by Gasteiger charge is -2.18. The molecule has 0 aliphatic rings. The van der Waals surface area contributed by atoms with Crippen molar-refractivity contribution in [3.63, 3.8) is 0 Å². The summed E-state index contributed by atoms with van der Waals surface area (Å²) >= 11 is 0. The van der Waals surface area contributed by atoms with Crippen LogP contribution in [0.15, 0.2) is 12.5 Å². The first kappa shape index (κ1) is 12.1. The zero-order valence-electron chi connectivity index (χ0n) is 11.4. The van der Waals surface area contributed by atoms with E-state index in [1.807, 2.05) is 0 Å². The molecule has 0 unspecified atom stereocenters. The van der Waals surface area contributed by atoms with Crippen molar-refractivity contribution in [1.82, 2.24) is 14.5 Å². The van der Waals surface area contributed by atoms with Gasteiger partial charge in [0.05, 0.1) is 5.69 Å². The van der Waals surface area contributed by atoms with Crippen LogP contribution in [-0.2, 0) is 18.4 Å². The molecule has 2 aromatic rings. The Morgan fingerprint density at radius 1 is 1.18 bits per heavy atom. The molecular weight excluding hydrogens is 210 g/mol. The lowest BCUT2D eigenvalue weighted by atomic mass is 9.86. The number of hydrogen-bond acceptors (Lipinski definition) is 2. The third-order valence-corrected chi connectivity index (χ3v) is 3.22. The number of nitrogens with zero attached hydrogens (tertiary/aromatic N) is 3. The van der Waals surface area contributed by atoms with Crippen LogP contribution < -0.4 is 0 Å². The lowest BCUT2D eigenvalue weighted by molar-refractivity contribution is 0.591. The van der Waals surface area contributed by atoms with Gasteiger partial charge in [-0.25, -0.2) is 9.97 Å². The molecule has 0 spiro atoms. The molecule has 0 saturated heterocycles. The molecule has 2 rings (SSSR count). The van der Waals surface area contributed by atoms with E-state index >= 15 is 0 Å². The fourth-order valence-corrected chi connectivity index (χ4v) is 2.26. The molecule has 0 saturated carbocycles. The molecule has 0 aliphatic carbocycles. The molecular formula is C14H21N3. The summed E-state index contributed by atoms with van der Waals surface area (Å²) in [5.74, 6) is 0. The molecule has 0 aliphatic heterocycles. The average molecular weight is 231 g/mol. The average Bonchev–Trinajstić information content (AvgIpc) is 2.67. The Labute approximate surface area is 103 Å². The van der Waals surface area contributed by atoms with Gasteiger partial charge in [-0.15, -0.1) is 0 Å². The third kappa shape index (κ3) is 1.94. The lowest BCUT2D eigenvalue weighted by Crippen LogP contribution is -2.11. The summed E-state index contributed by atoms with van der Waals surface area (Å²) in [4.78, 5) is 8.87. The molecule has 2 aromatic heterocycles. The van der Waals surface area contributed by atoms with E-state index < -0.39 is 0 Å². The van der Waals surface area contributed by atoms with Gasteiger partial charge >= 0.3 is 0 Å². The topological polar surface area (TPSA) is 30.7 Å². The first-order chi connectivity index (χ1) is 7.99. The SMILES string of the molecule is CCc1ncnc2c1c(C(C)(C)C)cn2CC. The van der Waals surface area contributed by atoms with Crippen molar-refractivity contribution in [2.24, 2.45) is 0 Å². The van der Waals surface area contributed by atoms with Crippen LogP contribution in [-0.4, -0.2) is 14.5 Å². The highest BCUT2D eigenvalue weighted by Crippen LogP contribution is 2.32. The van der Waals surface area contributed by atoms with Gasteiger partial charge in [0.1, 0.15) is 12.0 Å². The number of rotatable bonds is 2. The van der Waals surface area contributed by atoms with Crippen molar-refractivity contribution in [3.8, 4) is 0 Å². The number of fused-ring (bicyclic) bond motifs is 1. The van der Waals surface area contributed by atoms with E-state index in [1.165, 1.54) is 10.9 Å². The van der Waals surface area contributed by atoms with Crippen molar-refractivity contribution in [2.75, 3.05) is 0 Å². The summed E-state index contributed by atoms with van der Waals surface area (Å²) in [6.45, 7) is 12.0. The second-order valence-electron chi connectivity index (χ2n) is 5.45. The van der Waals surface area contributed by atoms with E-state index in [1.54, 1.807) is 6.33 Å². The fourth-order valence-electron chi connectivity index (χ4n) is 2.26. The van der Waals surface area contributed by atoms with Gasteiger partial charge < -0.3 is 4.57 Å². The highest BCUT2D eigenvalue weighted by atomic mass is 15.0. The summed E-state index contributed by atoms with van der Waals surface area (Å²) in [6.07, 6.45) is 4.87. The normalized spacial score (nSPS) is 12.3. The molecule has 0 N–H and O–H groups in total. The fraction of sp³-hybridized carbons (Fsp3) is 0.571. The van der Waals surface area contributed by atoms with E-state index in [2.05, 4.69) is 55.4 Å². The number of aryl methyl sites for hydroxylation is 2. The van der Waals surface area contributed by atoms with Gasteiger partial charge in [-0.1, -0.05) is 27.7 Å². The molecule has 0 amide bonds. The monoisotopic (exact) mass is 231 g/mol. The van der Waals surface area contributed by atoms with Gasteiger partial charge in [0.2, 0.25) is 0 Å². The highest BCUT2D eigenvalue weighted by Gasteiger charge is 2.22. The second kappa shape index (κ2) is 4.13. The van der Waals surface area contributed by atoms with Crippen LogP contribution in [0.2, 0.25) is 0 Å². The smallest absolute Gasteiger partial charge is 0.143 e. The Hall–Kier alpha value is -1.38. The Balaban J connectivity index is 2.84. The van der Waals surface area contributed by atoms with Gasteiger partial charge in [-0.3, -0.25) is 0 Å². The van der Waals surface area contributed by atoms with Crippen LogP contribution in [0.1, 0.15) is 45.9 Å². The van der Waals surface area contributed by atoms with E-state index in [0.717, 1.165) is 24.3 Å². The summed E-state index contributed by atoms with van der Waals surface area (Å²) in [7, 11) is 0. The minimum atomic E-state index is 0.132. The molecule has 0 atom stereocenters. The van der Waals surface area contributed by atoms with Gasteiger partial charge in [0.15, 0.2) is 0 Å². The highest BCUT2D eigenvalue weighted by molar-refractivity contribution is 5.84. The largest absolute Gasteiger partial charge is 0.332 e.